The number of hydroxylamine groups is 1. The quantitative estimate of drug-likeness (QED) is 0.249. The van der Waals surface area contributed by atoms with Gasteiger partial charge in [-0.25, -0.2) is 15.7 Å². The molecular weight excluding hydrogens is 364 g/mol. The van der Waals surface area contributed by atoms with E-state index >= 15 is 0 Å². The molecule has 5 N–H and O–H groups in total. The molecule has 3 amide bonds. The van der Waals surface area contributed by atoms with Gasteiger partial charge in [0.25, 0.3) is 11.8 Å². The molecule has 0 saturated heterocycles. The van der Waals surface area contributed by atoms with E-state index in [1.165, 1.54) is 17.8 Å². The van der Waals surface area contributed by atoms with Gasteiger partial charge in [0.1, 0.15) is 6.61 Å². The summed E-state index contributed by atoms with van der Waals surface area (Å²) in [4.78, 5) is 33.7. The maximum Gasteiger partial charge on any atom is 0.404 e. The largest absolute Gasteiger partial charge is 0.445 e. The van der Waals surface area contributed by atoms with Crippen molar-refractivity contribution < 1.29 is 24.3 Å². The number of carbonyl (C=O) groups excluding carboxylic acids is 3. The molecule has 0 unspecified atom stereocenters. The monoisotopic (exact) mass is 382 g/mol. The molecule has 28 heavy (non-hydrogen) atoms. The van der Waals surface area contributed by atoms with Gasteiger partial charge in [0, 0.05) is 11.6 Å². The van der Waals surface area contributed by atoms with Crippen molar-refractivity contribution in [1.82, 2.24) is 10.9 Å². The molecule has 0 aliphatic carbocycles. The second kappa shape index (κ2) is 10.2. The number of ether oxygens (including phenoxy) is 1. The zero-order valence-electron chi connectivity index (χ0n) is 14.7. The van der Waals surface area contributed by atoms with Crippen LogP contribution in [0.25, 0.3) is 6.08 Å². The van der Waals surface area contributed by atoms with Crippen LogP contribution in [0.2, 0.25) is 0 Å². The molecule has 0 aliphatic rings. The summed E-state index contributed by atoms with van der Waals surface area (Å²) in [6.45, 7) is 0.0776. The third kappa shape index (κ3) is 6.73. The number of carbonyl (C=O) groups is 3. The van der Waals surface area contributed by atoms with Gasteiger partial charge in [-0.15, -0.1) is 0 Å². The van der Waals surface area contributed by atoms with E-state index in [1.54, 1.807) is 48.5 Å². The van der Waals surface area contributed by atoms with Crippen molar-refractivity contribution in [2.75, 3.05) is 0 Å². The average Bonchev–Trinajstić information content (AvgIpc) is 2.71. The number of amides is 3. The molecule has 0 fully saturated rings. The molecule has 0 heterocycles. The van der Waals surface area contributed by atoms with Crippen LogP contribution in [-0.4, -0.2) is 29.3 Å². The van der Waals surface area contributed by atoms with Crippen LogP contribution < -0.4 is 16.6 Å². The summed E-state index contributed by atoms with van der Waals surface area (Å²) >= 11 is 0. The maximum atomic E-state index is 12.2. The Bertz CT molecular complexity index is 907. The molecule has 0 atom stereocenters. The minimum Gasteiger partial charge on any atom is -0.445 e. The Balaban J connectivity index is 1.93. The Morgan fingerprint density at radius 2 is 1.86 bits per heavy atom. The van der Waals surface area contributed by atoms with Crippen LogP contribution in [0, 0.1) is 0 Å². The molecule has 0 aromatic heterocycles. The van der Waals surface area contributed by atoms with Gasteiger partial charge >= 0.3 is 6.09 Å². The first-order chi connectivity index (χ1) is 13.5. The topological polar surface area (TPSA) is 143 Å². The van der Waals surface area contributed by atoms with Crippen molar-refractivity contribution in [2.24, 2.45) is 10.8 Å². The predicted octanol–water partition coefficient (Wildman–Crippen LogP) is 1.56. The third-order valence-corrected chi connectivity index (χ3v) is 3.43. The van der Waals surface area contributed by atoms with E-state index in [0.717, 1.165) is 17.2 Å². The molecule has 9 nitrogen and oxygen atoms in total. The summed E-state index contributed by atoms with van der Waals surface area (Å²) in [6.07, 6.45) is 3.21. The van der Waals surface area contributed by atoms with Crippen molar-refractivity contribution >= 4 is 30.2 Å². The van der Waals surface area contributed by atoms with Crippen molar-refractivity contribution in [1.29, 1.82) is 0 Å². The molecule has 0 radical (unpaired) electrons. The van der Waals surface area contributed by atoms with Crippen molar-refractivity contribution in [3.8, 4) is 0 Å². The molecule has 2 aromatic rings. The van der Waals surface area contributed by atoms with Gasteiger partial charge in [0.05, 0.1) is 6.21 Å². The summed E-state index contributed by atoms with van der Waals surface area (Å²) < 4.78 is 4.68. The number of hydrogen-bond acceptors (Lipinski definition) is 6. The Kier molecular flexibility index (Phi) is 7.43. The number of nitrogens with zero attached hydrogens (tertiary/aromatic N) is 1. The number of rotatable bonds is 7. The van der Waals surface area contributed by atoms with Gasteiger partial charge in [-0.1, -0.05) is 36.4 Å². The van der Waals surface area contributed by atoms with E-state index in [2.05, 4.69) is 15.3 Å². The van der Waals surface area contributed by atoms with Crippen LogP contribution >= 0.6 is 0 Å². The summed E-state index contributed by atoms with van der Waals surface area (Å²) in [6, 6.07) is 13.5. The van der Waals surface area contributed by atoms with Crippen LogP contribution in [-0.2, 0) is 16.1 Å². The van der Waals surface area contributed by atoms with Crippen LogP contribution in [0.4, 0.5) is 4.79 Å². The second-order valence-electron chi connectivity index (χ2n) is 5.48. The molecule has 0 saturated carbocycles. The van der Waals surface area contributed by atoms with Crippen molar-refractivity contribution in [3.05, 3.63) is 76.9 Å². The number of primary amides is 1. The SMILES string of the molecule is NC(=O)OCc1ccc(/C=N/NC(=O)c2cccc(/C=C/C(=O)NO)c2)cc1. The van der Waals surface area contributed by atoms with E-state index in [0.29, 0.717) is 11.1 Å². The fourth-order valence-electron chi connectivity index (χ4n) is 2.08. The lowest BCUT2D eigenvalue weighted by Gasteiger charge is -2.03. The number of hydrogen-bond donors (Lipinski definition) is 4. The first-order valence-electron chi connectivity index (χ1n) is 8.04. The van der Waals surface area contributed by atoms with Gasteiger partial charge in [-0.05, 0) is 34.9 Å². The minimum atomic E-state index is -0.843. The highest BCUT2D eigenvalue weighted by Gasteiger charge is 2.04. The first-order valence-corrected chi connectivity index (χ1v) is 8.04. The highest BCUT2D eigenvalue weighted by molar-refractivity contribution is 5.96. The second-order valence-corrected chi connectivity index (χ2v) is 5.48. The molecule has 144 valence electrons. The number of nitrogens with two attached hydrogens (primary N) is 1. The highest BCUT2D eigenvalue weighted by atomic mass is 16.5. The maximum absolute atomic E-state index is 12.2. The summed E-state index contributed by atoms with van der Waals surface area (Å²) in [7, 11) is 0. The average molecular weight is 382 g/mol. The number of hydrazone groups is 1. The number of benzene rings is 2. The van der Waals surface area contributed by atoms with Crippen molar-refractivity contribution in [3.63, 3.8) is 0 Å². The lowest BCUT2D eigenvalue weighted by Crippen LogP contribution is -2.17. The third-order valence-electron chi connectivity index (χ3n) is 3.43. The van der Waals surface area contributed by atoms with E-state index in [-0.39, 0.29) is 6.61 Å². The molecule has 0 spiro atoms. The Morgan fingerprint density at radius 1 is 1.11 bits per heavy atom. The van der Waals surface area contributed by atoms with E-state index in [4.69, 9.17) is 10.9 Å². The zero-order valence-corrected chi connectivity index (χ0v) is 14.7. The molecular formula is C19H18N4O5. The predicted molar refractivity (Wildman–Crippen MR) is 101 cm³/mol. The normalized spacial score (nSPS) is 10.8. The van der Waals surface area contributed by atoms with Crippen LogP contribution in [0.1, 0.15) is 27.0 Å². The van der Waals surface area contributed by atoms with Gasteiger partial charge in [0.2, 0.25) is 0 Å². The number of nitrogens with one attached hydrogen (secondary N) is 2. The molecule has 0 aliphatic heterocycles. The van der Waals surface area contributed by atoms with Gasteiger partial charge in [-0.3, -0.25) is 14.8 Å². The lowest BCUT2D eigenvalue weighted by molar-refractivity contribution is -0.124. The van der Waals surface area contributed by atoms with Crippen molar-refractivity contribution in [2.45, 2.75) is 6.61 Å². The minimum absolute atomic E-state index is 0.0776. The summed E-state index contributed by atoms with van der Waals surface area (Å²) in [5.74, 6) is -1.10. The van der Waals surface area contributed by atoms with Gasteiger partial charge < -0.3 is 10.5 Å². The Hall–Kier alpha value is -3.98. The molecule has 2 rings (SSSR count). The van der Waals surface area contributed by atoms with Crippen LogP contribution in [0.5, 0.6) is 0 Å². The van der Waals surface area contributed by atoms with E-state index in [9.17, 15) is 14.4 Å². The lowest BCUT2D eigenvalue weighted by atomic mass is 10.1. The summed E-state index contributed by atoms with van der Waals surface area (Å²) in [5, 5.41) is 12.3. The fraction of sp³-hybridized carbons (Fsp3) is 0.0526. The first kappa shape index (κ1) is 20.3. The standard InChI is InChI=1S/C19H18N4O5/c20-19(26)28-12-15-6-4-14(5-7-15)11-21-22-18(25)16-3-1-2-13(10-16)8-9-17(24)23-27/h1-11,27H,12H2,(H2,20,26)(H,22,25)(H,23,24)/b9-8+,21-11+. The molecule has 9 heteroatoms. The smallest absolute Gasteiger partial charge is 0.404 e. The van der Waals surface area contributed by atoms with E-state index < -0.39 is 17.9 Å². The molecule has 2 aromatic carbocycles. The van der Waals surface area contributed by atoms with Gasteiger partial charge in [-0.2, -0.15) is 5.10 Å². The Labute approximate surface area is 160 Å². The zero-order chi connectivity index (χ0) is 20.4. The van der Waals surface area contributed by atoms with Crippen LogP contribution in [0.15, 0.2) is 59.7 Å². The summed E-state index contributed by atoms with van der Waals surface area (Å²) in [5.41, 5.74) is 11.2. The fourth-order valence-corrected chi connectivity index (χ4v) is 2.08. The highest BCUT2D eigenvalue weighted by Crippen LogP contribution is 2.08. The molecule has 0 bridgehead atoms. The van der Waals surface area contributed by atoms with Gasteiger partial charge in [0.15, 0.2) is 0 Å². The Morgan fingerprint density at radius 3 is 2.54 bits per heavy atom. The van der Waals surface area contributed by atoms with Crippen LogP contribution in [0.3, 0.4) is 0 Å². The van der Waals surface area contributed by atoms with E-state index in [1.807, 2.05) is 0 Å².